The Balaban J connectivity index is 2.14. The zero-order valence-electron chi connectivity index (χ0n) is 12.5. The molecule has 1 aromatic heterocycles. The zero-order chi connectivity index (χ0) is 15.7. The van der Waals surface area contributed by atoms with Gasteiger partial charge in [-0.3, -0.25) is 0 Å². The molecule has 2 amide bonds. The van der Waals surface area contributed by atoms with Gasteiger partial charge in [-0.25, -0.2) is 0 Å². The molecule has 1 unspecified atom stereocenters. The fraction of sp³-hybridized carbons (Fsp3) is 0.533. The van der Waals surface area contributed by atoms with Crippen molar-refractivity contribution in [3.05, 3.63) is 19.8 Å². The number of amides is 2. The summed E-state index contributed by atoms with van der Waals surface area (Å²) in [6, 6.07) is 4.16. The van der Waals surface area contributed by atoms with E-state index in [9.17, 15) is 14.4 Å². The Labute approximate surface area is 135 Å². The van der Waals surface area contributed by atoms with Gasteiger partial charge in [-0.05, 0) is 0 Å². The second-order valence-electron chi connectivity index (χ2n) is 4.79. The Kier molecular flexibility index (Phi) is 8.32. The molecular formula is C15H22N2O3Te. The van der Waals surface area contributed by atoms with Gasteiger partial charge in [0.1, 0.15) is 0 Å². The number of ketones is 1. The molecule has 1 rings (SSSR count). The van der Waals surface area contributed by atoms with Gasteiger partial charge in [0.25, 0.3) is 0 Å². The molecule has 1 heterocycles. The molecule has 1 atom stereocenters. The van der Waals surface area contributed by atoms with E-state index in [1.165, 1.54) is 10.5 Å². The molecule has 0 aliphatic heterocycles. The van der Waals surface area contributed by atoms with E-state index >= 15 is 0 Å². The third-order valence-corrected chi connectivity index (χ3v) is 5.81. The van der Waals surface area contributed by atoms with Crippen molar-refractivity contribution in [1.82, 2.24) is 10.6 Å². The second kappa shape index (κ2) is 9.75. The average Bonchev–Trinajstić information content (AvgIpc) is 2.95. The fourth-order valence-electron chi connectivity index (χ4n) is 1.95. The first kappa shape index (κ1) is 17.9. The molecule has 0 spiro atoms. The van der Waals surface area contributed by atoms with Crippen molar-refractivity contribution in [2.45, 2.75) is 33.1 Å². The third kappa shape index (κ3) is 6.92. The molecule has 0 saturated heterocycles. The van der Waals surface area contributed by atoms with Gasteiger partial charge in [-0.1, -0.05) is 0 Å². The van der Waals surface area contributed by atoms with E-state index in [2.05, 4.69) is 26.8 Å². The molecule has 2 N–H and O–H groups in total. The predicted molar refractivity (Wildman–Crippen MR) is 82.2 cm³/mol. The van der Waals surface area contributed by atoms with Crippen LogP contribution in [0.15, 0.2) is 16.2 Å². The first-order valence-corrected chi connectivity index (χ1v) is 9.63. The van der Waals surface area contributed by atoms with Crippen LogP contribution in [0, 0.1) is 5.92 Å². The van der Waals surface area contributed by atoms with Crippen LogP contribution in [0.3, 0.4) is 0 Å². The van der Waals surface area contributed by atoms with Gasteiger partial charge in [0.2, 0.25) is 0 Å². The van der Waals surface area contributed by atoms with Gasteiger partial charge in [0.05, 0.1) is 0 Å². The van der Waals surface area contributed by atoms with Crippen molar-refractivity contribution in [3.8, 4) is 0 Å². The Morgan fingerprint density at radius 2 is 1.95 bits per heavy atom. The SMILES string of the molecule is CCC(C(C)=O)C(=O)NCCNC(=O)CCc1ccc[te]1. The van der Waals surface area contributed by atoms with E-state index < -0.39 is 5.92 Å². The first-order valence-electron chi connectivity index (χ1n) is 7.11. The average molecular weight is 406 g/mol. The summed E-state index contributed by atoms with van der Waals surface area (Å²) in [4.78, 5) is 34.6. The van der Waals surface area contributed by atoms with Gasteiger partial charge in [0.15, 0.2) is 0 Å². The molecule has 0 aromatic carbocycles. The Hall–Kier alpha value is -1.12. The summed E-state index contributed by atoms with van der Waals surface area (Å²) in [6.45, 7) is 3.98. The molecule has 0 radical (unpaired) electrons. The number of aryl methyl sites for hydroxylation is 1. The molecule has 0 bridgehead atoms. The van der Waals surface area contributed by atoms with Crippen molar-refractivity contribution in [3.63, 3.8) is 0 Å². The van der Waals surface area contributed by atoms with Crippen LogP contribution in [-0.2, 0) is 20.8 Å². The maximum atomic E-state index is 11.7. The topological polar surface area (TPSA) is 75.3 Å². The maximum absolute atomic E-state index is 11.7. The Morgan fingerprint density at radius 1 is 1.24 bits per heavy atom. The van der Waals surface area contributed by atoms with Crippen LogP contribution in [-0.4, -0.2) is 51.1 Å². The molecular weight excluding hydrogens is 384 g/mol. The number of Topliss-reactive ketones (excluding diaryl/α,β-unsaturated/α-hetero) is 1. The summed E-state index contributed by atoms with van der Waals surface area (Å²) in [7, 11) is 0. The van der Waals surface area contributed by atoms with E-state index in [-0.39, 0.29) is 38.0 Å². The standard InChI is InChI=1S/C15H22N2O3Te/c1-3-13(11(2)18)15(20)17-9-8-16-14(19)7-6-12-5-4-10-21-12/h4-5,10,13H,3,6-9H2,1-2H3,(H,16,19)(H,17,20). The summed E-state index contributed by atoms with van der Waals surface area (Å²) in [5.41, 5.74) is 0. The van der Waals surface area contributed by atoms with Gasteiger partial charge in [0, 0.05) is 0 Å². The molecule has 5 nitrogen and oxygen atoms in total. The van der Waals surface area contributed by atoms with Gasteiger partial charge in [-0.2, -0.15) is 0 Å². The van der Waals surface area contributed by atoms with Crippen molar-refractivity contribution in [1.29, 1.82) is 0 Å². The van der Waals surface area contributed by atoms with Gasteiger partial charge < -0.3 is 0 Å². The number of hydrogen-bond donors (Lipinski definition) is 2. The number of nitrogens with one attached hydrogen (secondary N) is 2. The van der Waals surface area contributed by atoms with E-state index in [0.29, 0.717) is 25.9 Å². The Morgan fingerprint density at radius 3 is 2.52 bits per heavy atom. The number of carbonyl (C=O) groups excluding carboxylic acids is 3. The Bertz CT molecular complexity index is 471. The minimum absolute atomic E-state index is 0.00289. The quantitative estimate of drug-likeness (QED) is 0.357. The fourth-order valence-corrected chi connectivity index (χ4v) is 3.97. The minimum atomic E-state index is -0.577. The van der Waals surface area contributed by atoms with Crippen LogP contribution in [0.4, 0.5) is 0 Å². The zero-order valence-corrected chi connectivity index (χ0v) is 14.8. The van der Waals surface area contributed by atoms with E-state index in [1.54, 1.807) is 0 Å². The van der Waals surface area contributed by atoms with E-state index in [1.807, 2.05) is 6.92 Å². The van der Waals surface area contributed by atoms with Crippen LogP contribution in [0.1, 0.15) is 30.3 Å². The molecule has 1 aromatic rings. The monoisotopic (exact) mass is 408 g/mol. The van der Waals surface area contributed by atoms with Crippen LogP contribution in [0.25, 0.3) is 0 Å². The molecule has 0 fully saturated rings. The molecule has 0 aliphatic rings. The van der Waals surface area contributed by atoms with Gasteiger partial charge >= 0.3 is 135 Å². The molecule has 0 aliphatic carbocycles. The van der Waals surface area contributed by atoms with Crippen LogP contribution in [0.2, 0.25) is 0 Å². The normalized spacial score (nSPS) is 11.7. The number of carbonyl (C=O) groups is 3. The van der Waals surface area contributed by atoms with E-state index in [4.69, 9.17) is 0 Å². The number of hydrogen-bond acceptors (Lipinski definition) is 3. The van der Waals surface area contributed by atoms with Crippen molar-refractivity contribution in [2.24, 2.45) is 5.92 Å². The van der Waals surface area contributed by atoms with Crippen LogP contribution >= 0.6 is 0 Å². The van der Waals surface area contributed by atoms with Crippen molar-refractivity contribution < 1.29 is 14.4 Å². The van der Waals surface area contributed by atoms with Crippen LogP contribution in [0.5, 0.6) is 0 Å². The summed E-state index contributed by atoms with van der Waals surface area (Å²) >= 11 is -0.154. The molecule has 116 valence electrons. The summed E-state index contributed by atoms with van der Waals surface area (Å²) < 4.78 is 3.60. The molecule has 6 heteroatoms. The summed E-state index contributed by atoms with van der Waals surface area (Å²) in [5, 5.41) is 5.45. The summed E-state index contributed by atoms with van der Waals surface area (Å²) in [6.07, 6.45) is 1.83. The third-order valence-electron chi connectivity index (χ3n) is 3.14. The second-order valence-corrected chi connectivity index (χ2v) is 7.74. The summed E-state index contributed by atoms with van der Waals surface area (Å²) in [5.74, 6) is -0.955. The number of rotatable bonds is 9. The van der Waals surface area contributed by atoms with E-state index in [0.717, 1.165) is 6.42 Å². The molecule has 21 heavy (non-hydrogen) atoms. The first-order chi connectivity index (χ1) is 10.0. The van der Waals surface area contributed by atoms with Crippen molar-refractivity contribution in [2.75, 3.05) is 13.1 Å². The van der Waals surface area contributed by atoms with Crippen molar-refractivity contribution >= 4 is 38.0 Å². The predicted octanol–water partition coefficient (Wildman–Crippen LogP) is 0.524. The van der Waals surface area contributed by atoms with Crippen LogP contribution < -0.4 is 10.6 Å². The molecule has 0 saturated carbocycles. The van der Waals surface area contributed by atoms with Gasteiger partial charge in [-0.15, -0.1) is 0 Å².